The molecule has 3 nitrogen and oxygen atoms in total. The van der Waals surface area contributed by atoms with E-state index in [4.69, 9.17) is 0 Å². The first-order valence-corrected chi connectivity index (χ1v) is 6.41. The number of hydrogen-bond acceptors (Lipinski definition) is 4. The van der Waals surface area contributed by atoms with Crippen molar-refractivity contribution in [1.29, 1.82) is 0 Å². The fourth-order valence-corrected chi connectivity index (χ4v) is 2.08. The third-order valence-corrected chi connectivity index (χ3v) is 3.33. The highest BCUT2D eigenvalue weighted by Gasteiger charge is 2.09. The van der Waals surface area contributed by atoms with Crippen LogP contribution in [0.15, 0.2) is 5.38 Å². The molecule has 1 N–H and O–H groups in total. The van der Waals surface area contributed by atoms with E-state index >= 15 is 0 Å². The van der Waals surface area contributed by atoms with Gasteiger partial charge in [-0.15, -0.1) is 11.3 Å². The van der Waals surface area contributed by atoms with Crippen LogP contribution in [0.1, 0.15) is 32.9 Å². The van der Waals surface area contributed by atoms with Crippen molar-refractivity contribution < 1.29 is 0 Å². The highest BCUT2D eigenvalue weighted by Crippen LogP contribution is 2.20. The van der Waals surface area contributed by atoms with Crippen molar-refractivity contribution in [1.82, 2.24) is 10.3 Å². The van der Waals surface area contributed by atoms with Crippen LogP contribution in [0.4, 0.5) is 5.13 Å². The zero-order valence-corrected chi connectivity index (χ0v) is 10.9. The van der Waals surface area contributed by atoms with Gasteiger partial charge in [0, 0.05) is 25.0 Å². The van der Waals surface area contributed by atoms with E-state index in [-0.39, 0.29) is 0 Å². The van der Waals surface area contributed by atoms with Crippen LogP contribution in [0.2, 0.25) is 0 Å². The molecule has 1 aromatic rings. The topological polar surface area (TPSA) is 28.2 Å². The summed E-state index contributed by atoms with van der Waals surface area (Å²) in [6, 6.07) is 0.507. The zero-order valence-electron chi connectivity index (χ0n) is 10.1. The van der Waals surface area contributed by atoms with E-state index in [1.54, 1.807) is 11.3 Å². The number of hydrogen-bond donors (Lipinski definition) is 1. The van der Waals surface area contributed by atoms with Gasteiger partial charge in [-0.3, -0.25) is 0 Å². The Morgan fingerprint density at radius 3 is 2.87 bits per heavy atom. The molecule has 15 heavy (non-hydrogen) atoms. The highest BCUT2D eigenvalue weighted by atomic mass is 32.1. The lowest BCUT2D eigenvalue weighted by atomic mass is 10.4. The van der Waals surface area contributed by atoms with E-state index in [0.717, 1.165) is 23.9 Å². The second kappa shape index (κ2) is 6.08. The van der Waals surface area contributed by atoms with E-state index in [1.807, 2.05) is 0 Å². The van der Waals surface area contributed by atoms with Gasteiger partial charge in [0.1, 0.15) is 0 Å². The van der Waals surface area contributed by atoms with Gasteiger partial charge in [0.15, 0.2) is 5.13 Å². The molecule has 0 unspecified atom stereocenters. The molecule has 0 amide bonds. The SMILES string of the molecule is CCCNCc1csc(N(C)C(C)C)n1. The molecule has 0 spiro atoms. The minimum Gasteiger partial charge on any atom is -0.349 e. The second-order valence-electron chi connectivity index (χ2n) is 4.00. The van der Waals surface area contributed by atoms with Gasteiger partial charge < -0.3 is 10.2 Å². The molecule has 0 aliphatic heterocycles. The quantitative estimate of drug-likeness (QED) is 0.757. The molecule has 86 valence electrons. The summed E-state index contributed by atoms with van der Waals surface area (Å²) in [6.45, 7) is 8.47. The van der Waals surface area contributed by atoms with Crippen molar-refractivity contribution >= 4 is 16.5 Å². The highest BCUT2D eigenvalue weighted by molar-refractivity contribution is 7.13. The van der Waals surface area contributed by atoms with Crippen LogP contribution in [0.5, 0.6) is 0 Å². The summed E-state index contributed by atoms with van der Waals surface area (Å²) in [6.07, 6.45) is 1.17. The normalized spacial score (nSPS) is 11.0. The van der Waals surface area contributed by atoms with E-state index in [0.29, 0.717) is 6.04 Å². The Morgan fingerprint density at radius 1 is 1.53 bits per heavy atom. The Balaban J connectivity index is 2.48. The van der Waals surface area contributed by atoms with Crippen LogP contribution in [0.25, 0.3) is 0 Å². The van der Waals surface area contributed by atoms with Gasteiger partial charge in [-0.2, -0.15) is 0 Å². The van der Waals surface area contributed by atoms with Gasteiger partial charge in [0.05, 0.1) is 5.69 Å². The predicted molar refractivity (Wildman–Crippen MR) is 67.7 cm³/mol. The summed E-state index contributed by atoms with van der Waals surface area (Å²) in [4.78, 5) is 6.79. The molecule has 1 heterocycles. The van der Waals surface area contributed by atoms with Crippen molar-refractivity contribution in [3.05, 3.63) is 11.1 Å². The number of anilines is 1. The standard InChI is InChI=1S/C11H21N3S/c1-5-6-12-7-10-8-15-11(13-10)14(4)9(2)3/h8-9,12H,5-7H2,1-4H3. The molecule has 0 fully saturated rings. The number of nitrogens with zero attached hydrogens (tertiary/aromatic N) is 2. The number of nitrogens with one attached hydrogen (secondary N) is 1. The van der Waals surface area contributed by atoms with Gasteiger partial charge in [0.2, 0.25) is 0 Å². The van der Waals surface area contributed by atoms with Gasteiger partial charge in [-0.1, -0.05) is 6.92 Å². The molecule has 1 rings (SSSR count). The lowest BCUT2D eigenvalue weighted by Crippen LogP contribution is -2.25. The third kappa shape index (κ3) is 3.80. The van der Waals surface area contributed by atoms with Gasteiger partial charge >= 0.3 is 0 Å². The molecule has 0 aliphatic rings. The smallest absolute Gasteiger partial charge is 0.185 e. The van der Waals surface area contributed by atoms with E-state index < -0.39 is 0 Å². The van der Waals surface area contributed by atoms with E-state index in [9.17, 15) is 0 Å². The molecule has 0 aromatic carbocycles. The summed E-state index contributed by atoms with van der Waals surface area (Å²) in [7, 11) is 2.09. The summed E-state index contributed by atoms with van der Waals surface area (Å²) >= 11 is 1.72. The summed E-state index contributed by atoms with van der Waals surface area (Å²) in [5.74, 6) is 0. The third-order valence-electron chi connectivity index (χ3n) is 2.35. The molecule has 4 heteroatoms. The maximum atomic E-state index is 4.59. The first-order chi connectivity index (χ1) is 7.15. The molecular formula is C11H21N3S. The van der Waals surface area contributed by atoms with Crippen molar-refractivity contribution in [3.63, 3.8) is 0 Å². The molecule has 1 aromatic heterocycles. The molecule has 0 bridgehead atoms. The average molecular weight is 227 g/mol. The Labute approximate surface area is 96.5 Å². The first-order valence-electron chi connectivity index (χ1n) is 5.53. The first kappa shape index (κ1) is 12.5. The van der Waals surface area contributed by atoms with Crippen LogP contribution >= 0.6 is 11.3 Å². The van der Waals surface area contributed by atoms with Gasteiger partial charge in [-0.25, -0.2) is 4.98 Å². The maximum Gasteiger partial charge on any atom is 0.185 e. The van der Waals surface area contributed by atoms with Crippen molar-refractivity contribution in [3.8, 4) is 0 Å². The number of rotatable bonds is 6. The number of thiazole rings is 1. The largest absolute Gasteiger partial charge is 0.349 e. The molecule has 0 aliphatic carbocycles. The van der Waals surface area contributed by atoms with Crippen molar-refractivity contribution in [2.24, 2.45) is 0 Å². The predicted octanol–water partition coefficient (Wildman–Crippen LogP) is 2.49. The maximum absolute atomic E-state index is 4.59. The fourth-order valence-electron chi connectivity index (χ4n) is 1.15. The van der Waals surface area contributed by atoms with Crippen LogP contribution < -0.4 is 10.2 Å². The van der Waals surface area contributed by atoms with Crippen LogP contribution in [0.3, 0.4) is 0 Å². The van der Waals surface area contributed by atoms with Crippen LogP contribution in [-0.2, 0) is 6.54 Å². The van der Waals surface area contributed by atoms with Gasteiger partial charge in [0.25, 0.3) is 0 Å². The van der Waals surface area contributed by atoms with Crippen molar-refractivity contribution in [2.45, 2.75) is 39.8 Å². The van der Waals surface area contributed by atoms with Crippen LogP contribution in [-0.4, -0.2) is 24.6 Å². The number of aromatic nitrogens is 1. The van der Waals surface area contributed by atoms with Crippen molar-refractivity contribution in [2.75, 3.05) is 18.5 Å². The Hall–Kier alpha value is -0.610. The Bertz CT molecular complexity index is 283. The molecule has 0 saturated heterocycles. The molecule has 0 radical (unpaired) electrons. The van der Waals surface area contributed by atoms with Crippen LogP contribution in [0, 0.1) is 0 Å². The second-order valence-corrected chi connectivity index (χ2v) is 4.84. The average Bonchev–Trinajstić information content (AvgIpc) is 2.65. The molecular weight excluding hydrogens is 206 g/mol. The summed E-state index contributed by atoms with van der Waals surface area (Å²) in [5, 5.41) is 6.60. The molecule has 0 saturated carbocycles. The molecule has 0 atom stereocenters. The van der Waals surface area contributed by atoms with E-state index in [2.05, 4.69) is 48.4 Å². The van der Waals surface area contributed by atoms with E-state index in [1.165, 1.54) is 6.42 Å². The Morgan fingerprint density at radius 2 is 2.27 bits per heavy atom. The fraction of sp³-hybridized carbons (Fsp3) is 0.727. The summed E-state index contributed by atoms with van der Waals surface area (Å²) < 4.78 is 0. The minimum absolute atomic E-state index is 0.507. The van der Waals surface area contributed by atoms with Gasteiger partial charge in [-0.05, 0) is 26.8 Å². The lowest BCUT2D eigenvalue weighted by Gasteiger charge is -2.19. The summed E-state index contributed by atoms with van der Waals surface area (Å²) in [5.41, 5.74) is 1.15. The zero-order chi connectivity index (χ0) is 11.3. The Kier molecular flexibility index (Phi) is 5.05. The lowest BCUT2D eigenvalue weighted by molar-refractivity contribution is 0.665. The monoisotopic (exact) mass is 227 g/mol. The minimum atomic E-state index is 0.507.